The van der Waals surface area contributed by atoms with Gasteiger partial charge in [0.05, 0.1) is 11.9 Å². The number of carbonyl (C=O) groups excluding carboxylic acids is 1. The molecule has 48 heavy (non-hydrogen) atoms. The fourth-order valence-corrected chi connectivity index (χ4v) is 6.05. The summed E-state index contributed by atoms with van der Waals surface area (Å²) in [7, 11) is -3.42. The molecule has 0 bridgehead atoms. The first-order valence-corrected chi connectivity index (χ1v) is 18.0. The van der Waals surface area contributed by atoms with E-state index in [9.17, 15) is 23.1 Å². The van der Waals surface area contributed by atoms with Crippen molar-refractivity contribution >= 4 is 33.3 Å². The van der Waals surface area contributed by atoms with Crippen LogP contribution in [-0.4, -0.2) is 37.7 Å². The fraction of sp³-hybridized carbons (Fsp3) is 0.316. The third-order valence-corrected chi connectivity index (χ3v) is 8.87. The molecule has 2 atom stereocenters. The number of aryl methyl sites for hydroxylation is 1. The summed E-state index contributed by atoms with van der Waals surface area (Å²) in [4.78, 5) is 26.0. The Hall–Kier alpha value is -4.83. The molecule has 4 aromatic rings. The molecule has 1 unspecified atom stereocenters. The number of rotatable bonds is 17. The van der Waals surface area contributed by atoms with Crippen molar-refractivity contribution in [2.24, 2.45) is 5.92 Å². The van der Waals surface area contributed by atoms with Gasteiger partial charge in [0.1, 0.15) is 17.5 Å². The average molecular weight is 672 g/mol. The van der Waals surface area contributed by atoms with E-state index in [1.54, 1.807) is 6.07 Å². The van der Waals surface area contributed by atoms with Crippen molar-refractivity contribution in [1.82, 2.24) is 5.32 Å². The largest absolute Gasteiger partial charge is 0.480 e. The maximum atomic E-state index is 12.3. The van der Waals surface area contributed by atoms with E-state index in [4.69, 9.17) is 4.74 Å². The number of sulfonamides is 1. The van der Waals surface area contributed by atoms with Gasteiger partial charge in [0, 0.05) is 25.2 Å². The number of anilines is 2. The summed E-state index contributed by atoms with van der Waals surface area (Å²) in [6.07, 6.45) is 3.38. The molecule has 0 aromatic heterocycles. The molecule has 1 amide bonds. The van der Waals surface area contributed by atoms with Crippen molar-refractivity contribution in [3.63, 3.8) is 0 Å². The molecule has 0 spiro atoms. The molecular weight excluding hydrogens is 627 g/mol. The lowest BCUT2D eigenvalue weighted by Crippen LogP contribution is -2.44. The van der Waals surface area contributed by atoms with Crippen molar-refractivity contribution in [2.45, 2.75) is 65.6 Å². The third kappa shape index (κ3) is 10.9. The van der Waals surface area contributed by atoms with Crippen LogP contribution in [0.1, 0.15) is 55.4 Å². The van der Waals surface area contributed by atoms with E-state index in [1.807, 2.05) is 99.6 Å². The minimum atomic E-state index is -3.42. The van der Waals surface area contributed by atoms with Crippen LogP contribution in [-0.2, 0) is 39.1 Å². The lowest BCUT2D eigenvalue weighted by Gasteiger charge is -2.28. The van der Waals surface area contributed by atoms with E-state index >= 15 is 0 Å². The second kappa shape index (κ2) is 16.8. The monoisotopic (exact) mass is 671 g/mol. The predicted octanol–water partition coefficient (Wildman–Crippen LogP) is 7.30. The van der Waals surface area contributed by atoms with E-state index in [0.717, 1.165) is 34.2 Å². The Morgan fingerprint density at radius 2 is 1.42 bits per heavy atom. The predicted molar refractivity (Wildman–Crippen MR) is 191 cm³/mol. The normalized spacial score (nSPS) is 12.5. The molecule has 0 fully saturated rings. The molecule has 4 rings (SSSR count). The van der Waals surface area contributed by atoms with E-state index < -0.39 is 22.0 Å². The first-order valence-electron chi connectivity index (χ1n) is 16.2. The Bertz CT molecular complexity index is 1760. The molecule has 0 heterocycles. The smallest absolute Gasteiger partial charge is 0.326 e. The van der Waals surface area contributed by atoms with Crippen LogP contribution in [0.5, 0.6) is 11.5 Å². The van der Waals surface area contributed by atoms with Gasteiger partial charge in [0.25, 0.3) is 0 Å². The summed E-state index contributed by atoms with van der Waals surface area (Å²) in [6.45, 7) is 6.89. The number of carbonyl (C=O) groups is 2. The molecule has 254 valence electrons. The number of carboxylic acid groups (broad SMARTS) is 1. The summed E-state index contributed by atoms with van der Waals surface area (Å²) in [5, 5.41) is 12.1. The van der Waals surface area contributed by atoms with Gasteiger partial charge in [0.15, 0.2) is 0 Å². The van der Waals surface area contributed by atoms with Crippen LogP contribution in [0.25, 0.3) is 0 Å². The van der Waals surface area contributed by atoms with E-state index in [2.05, 4.69) is 27.1 Å². The van der Waals surface area contributed by atoms with Crippen LogP contribution in [0, 0.1) is 12.8 Å². The molecule has 0 aliphatic carbocycles. The lowest BCUT2D eigenvalue weighted by molar-refractivity contribution is -0.143. The number of nitrogens with zero attached hydrogens (tertiary/aromatic N) is 1. The number of amides is 1. The molecule has 0 saturated carbocycles. The Kier molecular flexibility index (Phi) is 12.6. The van der Waals surface area contributed by atoms with E-state index in [-0.39, 0.29) is 18.2 Å². The minimum absolute atomic E-state index is 0.135. The maximum Gasteiger partial charge on any atom is 0.326 e. The van der Waals surface area contributed by atoms with Gasteiger partial charge in [-0.1, -0.05) is 80.9 Å². The summed E-state index contributed by atoms with van der Waals surface area (Å²) in [5.74, 6) is 0.00264. The first-order chi connectivity index (χ1) is 22.9. The first kappa shape index (κ1) is 36.0. The van der Waals surface area contributed by atoms with Crippen LogP contribution in [0.2, 0.25) is 0 Å². The molecule has 10 heteroatoms. The Morgan fingerprint density at radius 1 is 0.833 bits per heavy atom. The van der Waals surface area contributed by atoms with Crippen LogP contribution in [0.3, 0.4) is 0 Å². The Balaban J connectivity index is 1.37. The number of nitrogens with one attached hydrogen (secondary N) is 2. The summed E-state index contributed by atoms with van der Waals surface area (Å²) in [5.41, 5.74) is 5.60. The number of hydrogen-bond acceptors (Lipinski definition) is 6. The molecule has 0 radical (unpaired) electrons. The topological polar surface area (TPSA) is 125 Å². The summed E-state index contributed by atoms with van der Waals surface area (Å²) in [6, 6.07) is 30.6. The van der Waals surface area contributed by atoms with Gasteiger partial charge in [-0.3, -0.25) is 9.52 Å². The van der Waals surface area contributed by atoms with Crippen molar-refractivity contribution in [3.05, 3.63) is 119 Å². The van der Waals surface area contributed by atoms with E-state index in [1.165, 1.54) is 0 Å². The number of ether oxygens (including phenoxy) is 1. The van der Waals surface area contributed by atoms with Gasteiger partial charge in [-0.25, -0.2) is 13.2 Å². The summed E-state index contributed by atoms with van der Waals surface area (Å²) >= 11 is 0. The minimum Gasteiger partial charge on any atom is -0.480 e. The molecule has 4 aromatic carbocycles. The number of aliphatic carboxylic acids is 1. The number of benzene rings is 4. The zero-order valence-electron chi connectivity index (χ0n) is 28.0. The van der Waals surface area contributed by atoms with E-state index in [0.29, 0.717) is 49.5 Å². The van der Waals surface area contributed by atoms with Crippen LogP contribution < -0.4 is 19.7 Å². The Morgan fingerprint density at radius 3 is 1.98 bits per heavy atom. The second-order valence-electron chi connectivity index (χ2n) is 12.2. The van der Waals surface area contributed by atoms with Gasteiger partial charge in [-0.2, -0.15) is 0 Å². The highest BCUT2D eigenvalue weighted by Crippen LogP contribution is 2.31. The third-order valence-electron chi connectivity index (χ3n) is 8.28. The van der Waals surface area contributed by atoms with Crippen LogP contribution in [0.15, 0.2) is 97.1 Å². The van der Waals surface area contributed by atoms with Gasteiger partial charge in [-0.05, 0) is 84.3 Å². The van der Waals surface area contributed by atoms with Crippen LogP contribution >= 0.6 is 0 Å². The lowest BCUT2D eigenvalue weighted by atomic mass is 9.99. The molecule has 3 N–H and O–H groups in total. The Labute approximate surface area is 284 Å². The fourth-order valence-electron chi connectivity index (χ4n) is 5.43. The molecule has 9 nitrogen and oxygen atoms in total. The van der Waals surface area contributed by atoms with Gasteiger partial charge < -0.3 is 20.1 Å². The maximum absolute atomic E-state index is 12.3. The molecular formula is C38H45N3O6S. The molecule has 0 saturated heterocycles. The zero-order chi connectivity index (χ0) is 34.7. The SMILES string of the molecule is CCC(C)[C@H](NC(=O)CCCc1ccc(Oc2ccc(CN(Cc3ccccc3)c3cccc(NS(C)(=O)=O)c3C)cc2)cc1)C(=O)O. The average Bonchev–Trinajstić information content (AvgIpc) is 3.05. The summed E-state index contributed by atoms with van der Waals surface area (Å²) < 4.78 is 32.7. The quantitative estimate of drug-likeness (QED) is 0.108. The van der Waals surface area contributed by atoms with Crippen molar-refractivity contribution in [3.8, 4) is 11.5 Å². The number of carboxylic acids is 1. The highest BCUT2D eigenvalue weighted by Gasteiger charge is 2.25. The highest BCUT2D eigenvalue weighted by molar-refractivity contribution is 7.92. The van der Waals surface area contributed by atoms with Crippen molar-refractivity contribution in [1.29, 1.82) is 0 Å². The molecule has 0 aliphatic rings. The van der Waals surface area contributed by atoms with Gasteiger partial charge >= 0.3 is 5.97 Å². The highest BCUT2D eigenvalue weighted by atomic mass is 32.2. The van der Waals surface area contributed by atoms with Crippen molar-refractivity contribution in [2.75, 3.05) is 15.9 Å². The standard InChI is InChI=1S/C38H45N3O6S/c1-5-27(2)37(38(43)44)39-36(42)16-9-13-29-17-21-32(22-18-29)47-33-23-19-31(20-24-33)26-41(25-30-11-7-6-8-12-30)35-15-10-14-34(28(35)3)40-48(4,45)46/h6-8,10-12,14-15,17-24,27,37,40H,5,9,13,16,25-26H2,1-4H3,(H,39,42)(H,43,44)/t27?,37-/m0/s1. The zero-order valence-corrected chi connectivity index (χ0v) is 28.8. The number of hydrogen-bond donors (Lipinski definition) is 3. The van der Waals surface area contributed by atoms with Crippen molar-refractivity contribution < 1.29 is 27.9 Å². The van der Waals surface area contributed by atoms with Crippen LogP contribution in [0.4, 0.5) is 11.4 Å². The molecule has 0 aliphatic heterocycles. The second-order valence-corrected chi connectivity index (χ2v) is 13.9. The van der Waals surface area contributed by atoms with Gasteiger partial charge in [0.2, 0.25) is 15.9 Å². The van der Waals surface area contributed by atoms with Gasteiger partial charge in [-0.15, -0.1) is 0 Å².